The quantitative estimate of drug-likeness (QED) is 0.778. The molecule has 0 aliphatic rings. The molecule has 3 aromatic rings. The average Bonchev–Trinajstić information content (AvgIpc) is 3.19. The molecular formula is C14H13N5OS. The average molecular weight is 299 g/mol. The first kappa shape index (κ1) is 13.3. The Bertz CT molecular complexity index is 692. The molecule has 0 saturated carbocycles. The molecule has 2 heterocycles. The summed E-state index contributed by atoms with van der Waals surface area (Å²) in [6, 6.07) is 7.65. The summed E-state index contributed by atoms with van der Waals surface area (Å²) in [5.74, 6) is 0. The second kappa shape index (κ2) is 6.19. The van der Waals surface area contributed by atoms with Crippen LogP contribution in [0.1, 0.15) is 5.56 Å². The smallest absolute Gasteiger partial charge is 0.321 e. The SMILES string of the molecule is O=C(NCc1ccc(-n2ccnc2)cc1)Nc1nccs1. The number of imidazole rings is 1. The molecule has 1 aromatic carbocycles. The molecule has 0 fully saturated rings. The van der Waals surface area contributed by atoms with Gasteiger partial charge in [-0.1, -0.05) is 12.1 Å². The number of amides is 2. The highest BCUT2D eigenvalue weighted by atomic mass is 32.1. The van der Waals surface area contributed by atoms with Crippen molar-refractivity contribution in [2.24, 2.45) is 0 Å². The Kier molecular flexibility index (Phi) is 3.92. The van der Waals surface area contributed by atoms with Crippen molar-refractivity contribution in [3.05, 3.63) is 60.1 Å². The Hall–Kier alpha value is -2.67. The predicted molar refractivity (Wildman–Crippen MR) is 81.5 cm³/mol. The van der Waals surface area contributed by atoms with Crippen molar-refractivity contribution in [3.63, 3.8) is 0 Å². The van der Waals surface area contributed by atoms with Crippen LogP contribution in [-0.2, 0) is 6.54 Å². The Morgan fingerprint density at radius 3 is 2.76 bits per heavy atom. The van der Waals surface area contributed by atoms with E-state index in [4.69, 9.17) is 0 Å². The minimum Gasteiger partial charge on any atom is -0.334 e. The van der Waals surface area contributed by atoms with Gasteiger partial charge in [-0.15, -0.1) is 11.3 Å². The number of hydrogen-bond donors (Lipinski definition) is 2. The first-order chi connectivity index (χ1) is 10.3. The number of rotatable bonds is 4. The molecule has 0 spiro atoms. The van der Waals surface area contributed by atoms with Crippen LogP contribution < -0.4 is 10.6 Å². The number of nitrogens with one attached hydrogen (secondary N) is 2. The Morgan fingerprint density at radius 2 is 2.10 bits per heavy atom. The Morgan fingerprint density at radius 1 is 1.24 bits per heavy atom. The molecule has 0 aliphatic carbocycles. The molecule has 0 bridgehead atoms. The van der Waals surface area contributed by atoms with Gasteiger partial charge in [0.25, 0.3) is 0 Å². The zero-order valence-corrected chi connectivity index (χ0v) is 11.9. The molecule has 2 N–H and O–H groups in total. The van der Waals surface area contributed by atoms with Crippen molar-refractivity contribution in [2.45, 2.75) is 6.54 Å². The zero-order valence-electron chi connectivity index (χ0n) is 11.1. The Balaban J connectivity index is 1.55. The summed E-state index contributed by atoms with van der Waals surface area (Å²) in [7, 11) is 0. The molecule has 3 rings (SSSR count). The number of benzene rings is 1. The lowest BCUT2D eigenvalue weighted by molar-refractivity contribution is 0.251. The summed E-state index contributed by atoms with van der Waals surface area (Å²) in [4.78, 5) is 19.7. The van der Waals surface area contributed by atoms with Crippen molar-refractivity contribution in [1.29, 1.82) is 0 Å². The lowest BCUT2D eigenvalue weighted by Gasteiger charge is -2.07. The van der Waals surface area contributed by atoms with Crippen molar-refractivity contribution in [3.8, 4) is 5.69 Å². The van der Waals surface area contributed by atoms with Gasteiger partial charge >= 0.3 is 6.03 Å². The van der Waals surface area contributed by atoms with Crippen LogP contribution in [0.3, 0.4) is 0 Å². The summed E-state index contributed by atoms with van der Waals surface area (Å²) in [5.41, 5.74) is 2.05. The van der Waals surface area contributed by atoms with Crippen LogP contribution in [0.15, 0.2) is 54.6 Å². The normalized spacial score (nSPS) is 10.3. The number of urea groups is 1. The van der Waals surface area contributed by atoms with E-state index < -0.39 is 0 Å². The summed E-state index contributed by atoms with van der Waals surface area (Å²) >= 11 is 1.38. The number of carbonyl (C=O) groups excluding carboxylic acids is 1. The van der Waals surface area contributed by atoms with Gasteiger partial charge in [-0.25, -0.2) is 14.8 Å². The molecule has 0 aliphatic heterocycles. The lowest BCUT2D eigenvalue weighted by Crippen LogP contribution is -2.28. The van der Waals surface area contributed by atoms with E-state index in [1.807, 2.05) is 40.4 Å². The van der Waals surface area contributed by atoms with Crippen LogP contribution in [0.5, 0.6) is 0 Å². The van der Waals surface area contributed by atoms with E-state index in [1.165, 1.54) is 11.3 Å². The van der Waals surface area contributed by atoms with E-state index in [1.54, 1.807) is 18.7 Å². The molecule has 0 saturated heterocycles. The highest BCUT2D eigenvalue weighted by Crippen LogP contribution is 2.11. The van der Waals surface area contributed by atoms with Gasteiger partial charge in [-0.3, -0.25) is 5.32 Å². The minimum atomic E-state index is -0.261. The van der Waals surface area contributed by atoms with Gasteiger partial charge in [0, 0.05) is 36.2 Å². The van der Waals surface area contributed by atoms with Gasteiger partial charge in [0.1, 0.15) is 0 Å². The molecule has 6 nitrogen and oxygen atoms in total. The summed E-state index contributed by atoms with van der Waals surface area (Å²) in [6.07, 6.45) is 7.01. The van der Waals surface area contributed by atoms with Gasteiger partial charge in [-0.2, -0.15) is 0 Å². The van der Waals surface area contributed by atoms with Gasteiger partial charge < -0.3 is 9.88 Å². The maximum absolute atomic E-state index is 11.7. The molecule has 106 valence electrons. The van der Waals surface area contributed by atoms with E-state index in [2.05, 4.69) is 20.6 Å². The largest absolute Gasteiger partial charge is 0.334 e. The molecule has 0 unspecified atom stereocenters. The summed E-state index contributed by atoms with van der Waals surface area (Å²) in [6.45, 7) is 0.460. The van der Waals surface area contributed by atoms with Crippen molar-refractivity contribution in [2.75, 3.05) is 5.32 Å². The van der Waals surface area contributed by atoms with Crippen LogP contribution in [0.4, 0.5) is 9.93 Å². The van der Waals surface area contributed by atoms with Gasteiger partial charge in [0.05, 0.1) is 6.33 Å². The second-order valence-corrected chi connectivity index (χ2v) is 5.18. The highest BCUT2D eigenvalue weighted by Gasteiger charge is 2.03. The summed E-state index contributed by atoms with van der Waals surface area (Å²) in [5, 5.41) is 7.86. The number of aromatic nitrogens is 3. The number of carbonyl (C=O) groups is 1. The minimum absolute atomic E-state index is 0.261. The van der Waals surface area contributed by atoms with E-state index >= 15 is 0 Å². The van der Waals surface area contributed by atoms with E-state index in [-0.39, 0.29) is 6.03 Å². The van der Waals surface area contributed by atoms with Crippen molar-refractivity contribution in [1.82, 2.24) is 19.9 Å². The fourth-order valence-electron chi connectivity index (χ4n) is 1.81. The monoisotopic (exact) mass is 299 g/mol. The van der Waals surface area contributed by atoms with Gasteiger partial charge in [0.2, 0.25) is 0 Å². The van der Waals surface area contributed by atoms with Crippen molar-refractivity contribution < 1.29 is 4.79 Å². The zero-order chi connectivity index (χ0) is 14.5. The standard InChI is InChI=1S/C14H13N5OS/c20-13(18-14-16-6-8-21-14)17-9-11-1-3-12(4-2-11)19-7-5-15-10-19/h1-8,10H,9H2,(H2,16,17,18,20). The first-order valence-corrected chi connectivity index (χ1v) is 7.21. The molecule has 2 aromatic heterocycles. The van der Waals surface area contributed by atoms with Gasteiger partial charge in [0.15, 0.2) is 5.13 Å². The topological polar surface area (TPSA) is 71.8 Å². The predicted octanol–water partition coefficient (Wildman–Crippen LogP) is 2.65. The summed E-state index contributed by atoms with van der Waals surface area (Å²) < 4.78 is 1.92. The third kappa shape index (κ3) is 3.46. The molecule has 2 amide bonds. The third-order valence-electron chi connectivity index (χ3n) is 2.84. The molecular weight excluding hydrogens is 286 g/mol. The van der Waals surface area contributed by atoms with Crippen molar-refractivity contribution >= 4 is 22.5 Å². The number of thiazole rings is 1. The number of hydrogen-bond acceptors (Lipinski definition) is 4. The fraction of sp³-hybridized carbons (Fsp3) is 0.0714. The van der Waals surface area contributed by atoms with Crippen LogP contribution in [-0.4, -0.2) is 20.6 Å². The molecule has 0 atom stereocenters. The van der Waals surface area contributed by atoms with E-state index in [0.717, 1.165) is 11.3 Å². The van der Waals surface area contributed by atoms with Crippen LogP contribution in [0.2, 0.25) is 0 Å². The van der Waals surface area contributed by atoms with E-state index in [9.17, 15) is 4.79 Å². The van der Waals surface area contributed by atoms with Crippen LogP contribution in [0, 0.1) is 0 Å². The first-order valence-electron chi connectivity index (χ1n) is 6.33. The van der Waals surface area contributed by atoms with Gasteiger partial charge in [-0.05, 0) is 17.7 Å². The van der Waals surface area contributed by atoms with Crippen LogP contribution in [0.25, 0.3) is 5.69 Å². The fourth-order valence-corrected chi connectivity index (χ4v) is 2.33. The molecule has 21 heavy (non-hydrogen) atoms. The molecule has 7 heteroatoms. The van der Waals surface area contributed by atoms with Crippen LogP contribution >= 0.6 is 11.3 Å². The maximum Gasteiger partial charge on any atom is 0.321 e. The number of nitrogens with zero attached hydrogens (tertiary/aromatic N) is 3. The lowest BCUT2D eigenvalue weighted by atomic mass is 10.2. The maximum atomic E-state index is 11.7. The number of anilines is 1. The second-order valence-electron chi connectivity index (χ2n) is 4.28. The highest BCUT2D eigenvalue weighted by molar-refractivity contribution is 7.13. The third-order valence-corrected chi connectivity index (χ3v) is 3.53. The van der Waals surface area contributed by atoms with E-state index in [0.29, 0.717) is 11.7 Å². The Labute approximate surface area is 125 Å². The molecule has 0 radical (unpaired) electrons.